The third-order valence-electron chi connectivity index (χ3n) is 1.74. The van der Waals surface area contributed by atoms with Gasteiger partial charge >= 0.3 is 0 Å². The van der Waals surface area contributed by atoms with Gasteiger partial charge in [-0.25, -0.2) is 4.98 Å². The van der Waals surface area contributed by atoms with E-state index >= 15 is 0 Å². The van der Waals surface area contributed by atoms with E-state index in [0.29, 0.717) is 12.1 Å². The van der Waals surface area contributed by atoms with E-state index in [-0.39, 0.29) is 0 Å². The van der Waals surface area contributed by atoms with E-state index in [0.717, 1.165) is 12.4 Å². The van der Waals surface area contributed by atoms with Gasteiger partial charge in [0.15, 0.2) is 0 Å². The first-order valence-corrected chi connectivity index (χ1v) is 3.79. The molecule has 0 saturated carbocycles. The van der Waals surface area contributed by atoms with Gasteiger partial charge in [-0.1, -0.05) is 6.58 Å². The van der Waals surface area contributed by atoms with E-state index in [2.05, 4.69) is 11.6 Å². The second kappa shape index (κ2) is 3.92. The molecule has 0 amide bonds. The van der Waals surface area contributed by atoms with Crippen LogP contribution in [0.4, 0.5) is 0 Å². The van der Waals surface area contributed by atoms with Gasteiger partial charge in [0.25, 0.3) is 0 Å². The molecule has 0 atom stereocenters. The lowest BCUT2D eigenvalue weighted by molar-refractivity contribution is 0.195. The first-order valence-electron chi connectivity index (χ1n) is 3.79. The molecule has 1 aromatic heterocycles. The monoisotopic (exact) mass is 167 g/mol. The summed E-state index contributed by atoms with van der Waals surface area (Å²) in [4.78, 5) is 4.07. The Balaban J connectivity index is 2.43. The van der Waals surface area contributed by atoms with Crippen LogP contribution >= 0.6 is 0 Å². The van der Waals surface area contributed by atoms with Crippen LogP contribution in [-0.2, 0) is 6.54 Å². The van der Waals surface area contributed by atoms with Crippen LogP contribution in [0, 0.1) is 6.92 Å². The van der Waals surface area contributed by atoms with E-state index in [1.165, 1.54) is 0 Å². The maximum absolute atomic E-state index is 8.46. The van der Waals surface area contributed by atoms with Crippen LogP contribution in [0.15, 0.2) is 24.7 Å². The number of nitrogens with one attached hydrogen (secondary N) is 1. The maximum atomic E-state index is 8.46. The third kappa shape index (κ3) is 2.10. The van der Waals surface area contributed by atoms with Crippen molar-refractivity contribution >= 4 is 0 Å². The fraction of sp³-hybridized carbons (Fsp3) is 0.375. The SMILES string of the molecule is C=C(CCn1ccnc1C)NO. The van der Waals surface area contributed by atoms with Crippen LogP contribution < -0.4 is 5.48 Å². The number of hydrogen-bond donors (Lipinski definition) is 2. The number of nitrogens with zero attached hydrogens (tertiary/aromatic N) is 2. The standard InChI is InChI=1S/C8H13N3O/c1-7(10-12)3-5-11-6-4-9-8(11)2/h4,6,10,12H,1,3,5H2,2H3. The van der Waals surface area contributed by atoms with Gasteiger partial charge < -0.3 is 4.57 Å². The Morgan fingerprint density at radius 1 is 1.83 bits per heavy atom. The van der Waals surface area contributed by atoms with Gasteiger partial charge in [-0.15, -0.1) is 0 Å². The zero-order valence-corrected chi connectivity index (χ0v) is 7.12. The first-order chi connectivity index (χ1) is 5.74. The molecule has 0 saturated heterocycles. The predicted octanol–water partition coefficient (Wildman–Crippen LogP) is 1.07. The van der Waals surface area contributed by atoms with Crippen molar-refractivity contribution in [3.63, 3.8) is 0 Å². The normalized spacial score (nSPS) is 9.83. The summed E-state index contributed by atoms with van der Waals surface area (Å²) >= 11 is 0. The molecular formula is C8H13N3O. The summed E-state index contributed by atoms with van der Waals surface area (Å²) in [6, 6.07) is 0. The van der Waals surface area contributed by atoms with Gasteiger partial charge in [0, 0.05) is 31.1 Å². The average Bonchev–Trinajstić information content (AvgIpc) is 2.47. The highest BCUT2D eigenvalue weighted by Gasteiger charge is 1.96. The van der Waals surface area contributed by atoms with Crippen molar-refractivity contribution in [3.05, 3.63) is 30.5 Å². The minimum absolute atomic E-state index is 0.614. The largest absolute Gasteiger partial charge is 0.335 e. The predicted molar refractivity (Wildman–Crippen MR) is 45.6 cm³/mol. The molecule has 1 heterocycles. The highest BCUT2D eigenvalue weighted by Crippen LogP contribution is 2.00. The smallest absolute Gasteiger partial charge is 0.105 e. The zero-order chi connectivity index (χ0) is 8.97. The number of allylic oxidation sites excluding steroid dienone is 1. The van der Waals surface area contributed by atoms with Gasteiger partial charge in [0.1, 0.15) is 5.82 Å². The highest BCUT2D eigenvalue weighted by molar-refractivity contribution is 4.92. The molecule has 0 bridgehead atoms. The van der Waals surface area contributed by atoms with Crippen LogP contribution in [0.2, 0.25) is 0 Å². The molecule has 66 valence electrons. The van der Waals surface area contributed by atoms with Gasteiger partial charge in [0.05, 0.1) is 0 Å². The molecule has 0 spiro atoms. The lowest BCUT2D eigenvalue weighted by Crippen LogP contribution is -2.09. The van der Waals surface area contributed by atoms with Crippen LogP contribution in [0.3, 0.4) is 0 Å². The first kappa shape index (κ1) is 8.80. The molecule has 0 radical (unpaired) electrons. The number of imidazole rings is 1. The molecular weight excluding hydrogens is 154 g/mol. The Labute approximate surface area is 71.5 Å². The van der Waals surface area contributed by atoms with E-state index in [4.69, 9.17) is 5.21 Å². The number of rotatable bonds is 4. The summed E-state index contributed by atoms with van der Waals surface area (Å²) in [7, 11) is 0. The fourth-order valence-electron chi connectivity index (χ4n) is 0.951. The lowest BCUT2D eigenvalue weighted by Gasteiger charge is -2.05. The number of hydrogen-bond acceptors (Lipinski definition) is 3. The summed E-state index contributed by atoms with van der Waals surface area (Å²) in [6.45, 7) is 6.34. The van der Waals surface area contributed by atoms with E-state index in [1.54, 1.807) is 6.20 Å². The number of hydroxylamine groups is 1. The maximum Gasteiger partial charge on any atom is 0.105 e. The third-order valence-corrected chi connectivity index (χ3v) is 1.74. The van der Waals surface area contributed by atoms with Crippen molar-refractivity contribution in [3.8, 4) is 0 Å². The molecule has 0 aliphatic rings. The number of aryl methyl sites for hydroxylation is 2. The molecule has 2 N–H and O–H groups in total. The Bertz CT molecular complexity index is 267. The molecule has 1 aromatic rings. The van der Waals surface area contributed by atoms with Crippen molar-refractivity contribution in [1.29, 1.82) is 0 Å². The molecule has 0 aliphatic heterocycles. The van der Waals surface area contributed by atoms with Crippen LogP contribution in [0.5, 0.6) is 0 Å². The van der Waals surface area contributed by atoms with Gasteiger partial charge in [0.2, 0.25) is 0 Å². The van der Waals surface area contributed by atoms with Crippen LogP contribution in [0.25, 0.3) is 0 Å². The summed E-state index contributed by atoms with van der Waals surface area (Å²) in [5.41, 5.74) is 2.63. The second-order valence-electron chi connectivity index (χ2n) is 2.63. The summed E-state index contributed by atoms with van der Waals surface area (Å²) in [5, 5.41) is 8.46. The fourth-order valence-corrected chi connectivity index (χ4v) is 0.951. The summed E-state index contributed by atoms with van der Waals surface area (Å²) in [5.74, 6) is 0.973. The van der Waals surface area contributed by atoms with E-state index in [9.17, 15) is 0 Å². The van der Waals surface area contributed by atoms with Crippen molar-refractivity contribution < 1.29 is 5.21 Å². The molecule has 0 fully saturated rings. The zero-order valence-electron chi connectivity index (χ0n) is 7.12. The van der Waals surface area contributed by atoms with Gasteiger partial charge in [-0.3, -0.25) is 10.7 Å². The molecule has 4 nitrogen and oxygen atoms in total. The number of aromatic nitrogens is 2. The minimum Gasteiger partial charge on any atom is -0.335 e. The average molecular weight is 167 g/mol. The Morgan fingerprint density at radius 2 is 2.58 bits per heavy atom. The van der Waals surface area contributed by atoms with E-state index < -0.39 is 0 Å². The molecule has 0 aliphatic carbocycles. The molecule has 1 rings (SSSR count). The van der Waals surface area contributed by atoms with Crippen molar-refractivity contribution in [1.82, 2.24) is 15.0 Å². The van der Waals surface area contributed by atoms with Crippen molar-refractivity contribution in [2.24, 2.45) is 0 Å². The minimum atomic E-state index is 0.614. The van der Waals surface area contributed by atoms with Crippen molar-refractivity contribution in [2.75, 3.05) is 0 Å². The van der Waals surface area contributed by atoms with Gasteiger partial charge in [-0.2, -0.15) is 0 Å². The summed E-state index contributed by atoms with van der Waals surface area (Å²) in [6.07, 6.45) is 4.36. The quantitative estimate of drug-likeness (QED) is 0.659. The molecule has 12 heavy (non-hydrogen) atoms. The lowest BCUT2D eigenvalue weighted by atomic mass is 10.3. The highest BCUT2D eigenvalue weighted by atomic mass is 16.5. The topological polar surface area (TPSA) is 50.1 Å². The second-order valence-corrected chi connectivity index (χ2v) is 2.63. The molecule has 0 aromatic carbocycles. The van der Waals surface area contributed by atoms with Gasteiger partial charge in [-0.05, 0) is 6.92 Å². The summed E-state index contributed by atoms with van der Waals surface area (Å²) < 4.78 is 2.00. The Kier molecular flexibility index (Phi) is 2.88. The van der Waals surface area contributed by atoms with Crippen LogP contribution in [-0.4, -0.2) is 14.8 Å². The van der Waals surface area contributed by atoms with E-state index in [1.807, 2.05) is 23.2 Å². The Hall–Kier alpha value is -1.29. The van der Waals surface area contributed by atoms with Crippen molar-refractivity contribution in [2.45, 2.75) is 19.9 Å². The van der Waals surface area contributed by atoms with Crippen LogP contribution in [0.1, 0.15) is 12.2 Å². The molecule has 0 unspecified atom stereocenters. The Morgan fingerprint density at radius 3 is 3.08 bits per heavy atom. The molecule has 4 heteroatoms.